The third-order valence-corrected chi connectivity index (χ3v) is 16.7. The summed E-state index contributed by atoms with van der Waals surface area (Å²) in [6.45, 7) is 14.3. The second-order valence-electron chi connectivity index (χ2n) is 20.1. The van der Waals surface area contributed by atoms with Crippen LogP contribution in [0.4, 0.5) is 43.3 Å². The fraction of sp³-hybridized carbons (Fsp3) is 0.462. The van der Waals surface area contributed by atoms with Crippen LogP contribution in [-0.4, -0.2) is 126 Å². The lowest BCUT2D eigenvalue weighted by molar-refractivity contribution is -0.137. The number of carbonyl (C=O) groups is 3. The Morgan fingerprint density at radius 3 is 2.28 bits per heavy atom. The molecular weight excluding hydrogens is 1010 g/mol. The summed E-state index contributed by atoms with van der Waals surface area (Å²) >= 11 is 3.60. The van der Waals surface area contributed by atoms with Crippen molar-refractivity contribution in [1.82, 2.24) is 30.1 Å². The molecule has 2 aromatic heterocycles. The standard InChI is InChI=1S/C52H62BrF2N10O6P/c1-7-30-24-41(59-51-56-28-36(53)48(61-51)58-40-11-10-39-34(47(40)72(5,6)70)8-12-44(57-39)52(2,3)69)43(71-4)27-42(30)63-18-15-32(16-19-63)62-20-22-64(23-21-62)50(68)31-14-17-65(29-31)33-25-37(54)46(38(55)26-33)35-9-13-45(66)60-49(35)67/h8,10-12,24-28,31-32,35,69H,7,9,13-23,29H2,1-6H3,(H,60,66,67)(H2,56,58,59,61). The molecule has 3 amide bonds. The number of ether oxygens (including phenoxy) is 1. The first-order valence-corrected chi connectivity index (χ1v) is 28.0. The Morgan fingerprint density at radius 1 is 0.917 bits per heavy atom. The number of anilines is 6. The number of hydrogen-bond acceptors (Lipinski definition) is 14. The number of methoxy groups -OCH3 is 1. The van der Waals surface area contributed by atoms with Crippen molar-refractivity contribution in [2.45, 2.75) is 76.9 Å². The van der Waals surface area contributed by atoms with E-state index in [0.717, 1.165) is 62.1 Å². The van der Waals surface area contributed by atoms with Crippen molar-refractivity contribution in [2.24, 2.45) is 5.92 Å². The number of amides is 3. The smallest absolute Gasteiger partial charge is 0.234 e. The Hall–Kier alpha value is -5.75. The van der Waals surface area contributed by atoms with E-state index < -0.39 is 42.1 Å². The van der Waals surface area contributed by atoms with Gasteiger partial charge in [0, 0.05) is 105 Å². The molecule has 72 heavy (non-hydrogen) atoms. The Morgan fingerprint density at radius 2 is 1.62 bits per heavy atom. The van der Waals surface area contributed by atoms with E-state index in [2.05, 4.69) is 70.7 Å². The van der Waals surface area contributed by atoms with Gasteiger partial charge < -0.3 is 39.7 Å². The van der Waals surface area contributed by atoms with Gasteiger partial charge in [0.15, 0.2) is 0 Å². The van der Waals surface area contributed by atoms with E-state index in [4.69, 9.17) is 9.72 Å². The number of pyridine rings is 1. The SMILES string of the molecule is CCc1cc(Nc2ncc(Br)c(Nc3ccc4nc(C(C)(C)O)ccc4c3P(C)(C)=O)n2)c(OC)cc1N1CCC(N2CCN(C(=O)C3CCN(c4cc(F)c(C5CCC(=O)NC5=O)c(F)c4)C3)CC2)CC1. The normalized spacial score (nSPS) is 19.5. The molecule has 0 bridgehead atoms. The number of rotatable bonds is 13. The topological polar surface area (TPSA) is 185 Å². The zero-order valence-corrected chi connectivity index (χ0v) is 44.0. The maximum atomic E-state index is 15.3. The molecule has 2 unspecified atom stereocenters. The van der Waals surface area contributed by atoms with Gasteiger partial charge >= 0.3 is 0 Å². The molecule has 0 radical (unpaired) electrons. The van der Waals surface area contributed by atoms with E-state index in [1.54, 1.807) is 46.6 Å². The second-order valence-corrected chi connectivity index (χ2v) is 24.2. The summed E-state index contributed by atoms with van der Waals surface area (Å²) in [7, 11) is -1.21. The molecule has 3 aromatic carbocycles. The van der Waals surface area contributed by atoms with Gasteiger partial charge in [-0.05, 0) is 117 Å². The number of imide groups is 1. The number of nitrogens with zero attached hydrogens (tertiary/aromatic N) is 7. The molecule has 9 rings (SSSR count). The number of nitrogens with one attached hydrogen (secondary N) is 3. The van der Waals surface area contributed by atoms with Crippen LogP contribution in [0.5, 0.6) is 5.75 Å². The van der Waals surface area contributed by atoms with Gasteiger partial charge in [-0.2, -0.15) is 4.98 Å². The Balaban J connectivity index is 0.802. The lowest BCUT2D eigenvalue weighted by atomic mass is 9.89. The largest absolute Gasteiger partial charge is 0.494 e. The van der Waals surface area contributed by atoms with Gasteiger partial charge in [-0.15, -0.1) is 0 Å². The zero-order valence-electron chi connectivity index (χ0n) is 41.5. The highest BCUT2D eigenvalue weighted by atomic mass is 79.9. The molecule has 20 heteroatoms. The fourth-order valence-electron chi connectivity index (χ4n) is 10.7. The Bertz CT molecular complexity index is 2950. The molecule has 4 fully saturated rings. The Kier molecular flexibility index (Phi) is 14.7. The summed E-state index contributed by atoms with van der Waals surface area (Å²) in [4.78, 5) is 60.5. The van der Waals surface area contributed by atoms with Crippen LogP contribution in [0.2, 0.25) is 0 Å². The molecule has 0 spiro atoms. The lowest BCUT2D eigenvalue weighted by Crippen LogP contribution is -2.55. The highest BCUT2D eigenvalue weighted by Gasteiger charge is 2.37. The van der Waals surface area contributed by atoms with Crippen molar-refractivity contribution < 1.29 is 37.6 Å². The lowest BCUT2D eigenvalue weighted by Gasteiger charge is -2.44. The minimum absolute atomic E-state index is 0.0226. The molecule has 0 saturated carbocycles. The average molecular weight is 1070 g/mol. The molecule has 4 saturated heterocycles. The van der Waals surface area contributed by atoms with Crippen LogP contribution in [0, 0.1) is 17.6 Å². The molecule has 382 valence electrons. The summed E-state index contributed by atoms with van der Waals surface area (Å²) in [5.41, 5.74) is 3.64. The average Bonchev–Trinajstić information content (AvgIpc) is 3.85. The number of hydrogen-bond donors (Lipinski definition) is 4. The van der Waals surface area contributed by atoms with E-state index in [0.29, 0.717) is 94.2 Å². The highest BCUT2D eigenvalue weighted by Crippen LogP contribution is 2.43. The number of fused-ring (bicyclic) bond motifs is 1. The molecule has 4 aliphatic rings. The molecule has 16 nitrogen and oxygen atoms in total. The van der Waals surface area contributed by atoms with Crippen LogP contribution in [0.3, 0.4) is 0 Å². The first-order valence-electron chi connectivity index (χ1n) is 24.6. The van der Waals surface area contributed by atoms with Gasteiger partial charge in [-0.1, -0.05) is 13.0 Å². The van der Waals surface area contributed by atoms with Crippen LogP contribution >= 0.6 is 23.1 Å². The molecule has 2 atom stereocenters. The van der Waals surface area contributed by atoms with Gasteiger partial charge in [-0.3, -0.25) is 24.6 Å². The van der Waals surface area contributed by atoms with Gasteiger partial charge in [0.05, 0.1) is 46.0 Å². The number of aryl methyl sites for hydroxylation is 1. The maximum Gasteiger partial charge on any atom is 0.234 e. The van der Waals surface area contributed by atoms with E-state index in [1.807, 2.05) is 28.0 Å². The van der Waals surface area contributed by atoms with E-state index in [9.17, 15) is 24.1 Å². The van der Waals surface area contributed by atoms with Crippen molar-refractivity contribution in [1.29, 1.82) is 0 Å². The number of aliphatic hydroxyl groups is 1. The van der Waals surface area contributed by atoms with Crippen LogP contribution in [0.25, 0.3) is 10.9 Å². The van der Waals surface area contributed by atoms with Gasteiger partial charge in [-0.25, -0.2) is 18.7 Å². The first kappa shape index (κ1) is 51.2. The maximum absolute atomic E-state index is 15.3. The summed E-state index contributed by atoms with van der Waals surface area (Å²) < 4.78 is 51.0. The summed E-state index contributed by atoms with van der Waals surface area (Å²) in [6, 6.07) is 14.3. The predicted molar refractivity (Wildman–Crippen MR) is 280 cm³/mol. The molecule has 6 heterocycles. The number of benzene rings is 3. The second kappa shape index (κ2) is 20.6. The van der Waals surface area contributed by atoms with Crippen molar-refractivity contribution in [3.63, 3.8) is 0 Å². The summed E-state index contributed by atoms with van der Waals surface area (Å²) in [5.74, 6) is -2.62. The van der Waals surface area contributed by atoms with Crippen molar-refractivity contribution in [3.8, 4) is 5.75 Å². The summed E-state index contributed by atoms with van der Waals surface area (Å²) in [6.07, 6.45) is 5.04. The minimum atomic E-state index is -2.85. The molecular formula is C52H62BrF2N10O6P. The zero-order chi connectivity index (χ0) is 51.2. The number of piperidine rings is 2. The van der Waals surface area contributed by atoms with Crippen LogP contribution in [0.1, 0.15) is 75.6 Å². The third-order valence-electron chi connectivity index (χ3n) is 14.5. The number of carbonyl (C=O) groups excluding carboxylic acids is 3. The first-order chi connectivity index (χ1) is 34.3. The minimum Gasteiger partial charge on any atom is -0.494 e. The van der Waals surface area contributed by atoms with Crippen LogP contribution in [-0.2, 0) is 31.0 Å². The van der Waals surface area contributed by atoms with Crippen molar-refractivity contribution in [3.05, 3.63) is 87.7 Å². The number of halogens is 3. The fourth-order valence-corrected chi connectivity index (χ4v) is 12.5. The monoisotopic (exact) mass is 1070 g/mol. The Labute approximate surface area is 426 Å². The molecule has 5 aromatic rings. The van der Waals surface area contributed by atoms with E-state index >= 15 is 8.78 Å². The molecule has 0 aliphatic carbocycles. The van der Waals surface area contributed by atoms with Crippen molar-refractivity contribution in [2.75, 3.05) is 93.2 Å². The third kappa shape index (κ3) is 10.7. The van der Waals surface area contributed by atoms with Crippen molar-refractivity contribution >= 4 is 91.5 Å². The van der Waals surface area contributed by atoms with Crippen LogP contribution < -0.4 is 35.8 Å². The van der Waals surface area contributed by atoms with Gasteiger partial charge in [0.25, 0.3) is 0 Å². The number of aromatic nitrogens is 3. The van der Waals surface area contributed by atoms with Crippen LogP contribution in [0.15, 0.2) is 59.2 Å². The molecule has 4 aliphatic heterocycles. The number of piperazine rings is 1. The molecule has 4 N–H and O–H groups in total. The van der Waals surface area contributed by atoms with Gasteiger partial charge in [0.1, 0.15) is 35.9 Å². The quantitative estimate of drug-likeness (QED) is 0.0663. The predicted octanol–water partition coefficient (Wildman–Crippen LogP) is 7.76. The van der Waals surface area contributed by atoms with E-state index in [1.165, 1.54) is 12.1 Å². The summed E-state index contributed by atoms with van der Waals surface area (Å²) in [5, 5.41) is 20.9. The van der Waals surface area contributed by atoms with E-state index in [-0.39, 0.29) is 30.2 Å². The highest BCUT2D eigenvalue weighted by molar-refractivity contribution is 9.10. The van der Waals surface area contributed by atoms with Gasteiger partial charge in [0.2, 0.25) is 23.7 Å².